The number of methoxy groups -OCH3 is 1. The van der Waals surface area contributed by atoms with E-state index >= 15 is 0 Å². The normalized spacial score (nSPS) is 10.7. The second-order valence-corrected chi connectivity index (χ2v) is 5.51. The molecular weight excluding hydrogens is 316 g/mol. The van der Waals surface area contributed by atoms with Gasteiger partial charge in [-0.05, 0) is 42.8 Å². The zero-order valence-electron chi connectivity index (χ0n) is 12.9. The van der Waals surface area contributed by atoms with E-state index in [0.717, 1.165) is 30.8 Å². The highest BCUT2D eigenvalue weighted by atomic mass is 32.1. The molecule has 0 aliphatic heterocycles. The molecule has 2 rings (SSSR count). The second-order valence-electron chi connectivity index (χ2n) is 5.10. The van der Waals surface area contributed by atoms with Crippen LogP contribution in [-0.4, -0.2) is 35.4 Å². The molecule has 0 fully saturated rings. The van der Waals surface area contributed by atoms with Crippen molar-refractivity contribution in [3.05, 3.63) is 50.5 Å². The summed E-state index contributed by atoms with van der Waals surface area (Å²) in [4.78, 5) is 16.8. The van der Waals surface area contributed by atoms with E-state index in [2.05, 4.69) is 9.97 Å². The van der Waals surface area contributed by atoms with Crippen LogP contribution in [0.5, 0.6) is 11.6 Å². The van der Waals surface area contributed by atoms with Crippen molar-refractivity contribution in [1.82, 2.24) is 9.97 Å². The maximum atomic E-state index is 11.8. The lowest BCUT2D eigenvalue weighted by atomic mass is 10.1. The number of aromatic nitrogens is 2. The number of rotatable bonds is 8. The summed E-state index contributed by atoms with van der Waals surface area (Å²) >= 11 is 4.80. The molecule has 6 nitrogen and oxygen atoms in total. The van der Waals surface area contributed by atoms with Crippen molar-refractivity contribution in [3.63, 3.8) is 0 Å². The zero-order chi connectivity index (χ0) is 16.7. The number of hydrogen-bond acceptors (Lipinski definition) is 5. The second kappa shape index (κ2) is 8.50. The number of benzene rings is 1. The Morgan fingerprint density at radius 1 is 1.13 bits per heavy atom. The minimum atomic E-state index is -0.385. The van der Waals surface area contributed by atoms with E-state index < -0.39 is 0 Å². The quantitative estimate of drug-likeness (QED) is 0.509. The lowest BCUT2D eigenvalue weighted by Gasteiger charge is -2.07. The van der Waals surface area contributed by atoms with Crippen LogP contribution in [0.25, 0.3) is 0 Å². The van der Waals surface area contributed by atoms with Crippen LogP contribution in [0.3, 0.4) is 0 Å². The van der Waals surface area contributed by atoms with Gasteiger partial charge in [0.15, 0.2) is 10.7 Å². The average molecular weight is 336 g/mol. The molecule has 7 heteroatoms. The fraction of sp³-hybridized carbons (Fsp3) is 0.375. The molecule has 0 amide bonds. The maximum absolute atomic E-state index is 11.8. The van der Waals surface area contributed by atoms with Gasteiger partial charge in [0.25, 0.3) is 5.56 Å². The van der Waals surface area contributed by atoms with E-state index in [1.165, 1.54) is 0 Å². The molecule has 0 unspecified atom stereocenters. The van der Waals surface area contributed by atoms with Crippen molar-refractivity contribution < 1.29 is 14.6 Å². The number of H-pyrrole nitrogens is 2. The van der Waals surface area contributed by atoms with Gasteiger partial charge in [0, 0.05) is 20.1 Å². The van der Waals surface area contributed by atoms with Crippen molar-refractivity contribution in [2.24, 2.45) is 0 Å². The molecule has 0 saturated carbocycles. The van der Waals surface area contributed by atoms with Gasteiger partial charge in [-0.1, -0.05) is 12.1 Å². The first-order chi connectivity index (χ1) is 11.1. The summed E-state index contributed by atoms with van der Waals surface area (Å²) in [6.07, 6.45) is 2.20. The lowest BCUT2D eigenvalue weighted by Crippen LogP contribution is -2.14. The molecule has 3 N–H and O–H groups in total. The van der Waals surface area contributed by atoms with Crippen LogP contribution in [-0.2, 0) is 11.2 Å². The Morgan fingerprint density at radius 2 is 1.83 bits per heavy atom. The van der Waals surface area contributed by atoms with E-state index in [4.69, 9.17) is 21.7 Å². The van der Waals surface area contributed by atoms with E-state index in [1.807, 2.05) is 24.3 Å². The van der Waals surface area contributed by atoms with Crippen molar-refractivity contribution in [3.8, 4) is 11.6 Å². The Morgan fingerprint density at radius 3 is 2.48 bits per heavy atom. The number of hydrogen-bond donors (Lipinski definition) is 3. The fourth-order valence-corrected chi connectivity index (χ4v) is 2.30. The summed E-state index contributed by atoms with van der Waals surface area (Å²) in [7, 11) is 1.68. The van der Waals surface area contributed by atoms with Crippen molar-refractivity contribution in [2.45, 2.75) is 19.3 Å². The number of aromatic amines is 2. The van der Waals surface area contributed by atoms with Crippen molar-refractivity contribution in [1.29, 1.82) is 0 Å². The molecule has 0 atom stereocenters. The Balaban J connectivity index is 1.95. The number of aromatic hydroxyl groups is 1. The SMILES string of the molecule is COCCCCOc1ccc(Cc2c(O)[nH]c(=S)[nH]c2=O)cc1. The van der Waals surface area contributed by atoms with Crippen LogP contribution >= 0.6 is 12.2 Å². The summed E-state index contributed by atoms with van der Waals surface area (Å²) in [5.41, 5.74) is 0.764. The number of unbranched alkanes of at least 4 members (excludes halogenated alkanes) is 1. The molecule has 0 aliphatic rings. The van der Waals surface area contributed by atoms with Gasteiger partial charge in [0.1, 0.15) is 5.75 Å². The highest BCUT2D eigenvalue weighted by molar-refractivity contribution is 7.71. The standard InChI is InChI=1S/C16H20N2O4S/c1-21-8-2-3-9-22-12-6-4-11(5-7-12)10-13-14(19)17-16(23)18-15(13)20/h4-7H,2-3,8-10H2,1H3,(H3,17,18,19,20,23). The van der Waals surface area contributed by atoms with Crippen molar-refractivity contribution >= 4 is 12.2 Å². The summed E-state index contributed by atoms with van der Waals surface area (Å²) in [6.45, 7) is 1.37. The molecule has 0 bridgehead atoms. The topological polar surface area (TPSA) is 87.3 Å². The highest BCUT2D eigenvalue weighted by Crippen LogP contribution is 2.17. The molecular formula is C16H20N2O4S. The smallest absolute Gasteiger partial charge is 0.259 e. The molecule has 1 aromatic carbocycles. The number of nitrogens with one attached hydrogen (secondary N) is 2. The van der Waals surface area contributed by atoms with Gasteiger partial charge in [-0.15, -0.1) is 0 Å². The van der Waals surface area contributed by atoms with Gasteiger partial charge in [0.2, 0.25) is 0 Å². The summed E-state index contributed by atoms with van der Waals surface area (Å²) < 4.78 is 10.7. The molecule has 2 aromatic rings. The first-order valence-corrected chi connectivity index (χ1v) is 7.76. The molecule has 1 aromatic heterocycles. The van der Waals surface area contributed by atoms with Crippen LogP contribution in [0.2, 0.25) is 0 Å². The molecule has 124 valence electrons. The monoisotopic (exact) mass is 336 g/mol. The average Bonchev–Trinajstić information content (AvgIpc) is 2.52. The zero-order valence-corrected chi connectivity index (χ0v) is 13.7. The van der Waals surface area contributed by atoms with E-state index in [9.17, 15) is 9.90 Å². The lowest BCUT2D eigenvalue weighted by molar-refractivity contribution is 0.184. The first kappa shape index (κ1) is 17.2. The van der Waals surface area contributed by atoms with Crippen LogP contribution in [0, 0.1) is 4.77 Å². The first-order valence-electron chi connectivity index (χ1n) is 7.35. The van der Waals surface area contributed by atoms with Gasteiger partial charge in [-0.2, -0.15) is 0 Å². The van der Waals surface area contributed by atoms with E-state index in [0.29, 0.717) is 13.0 Å². The van der Waals surface area contributed by atoms with Crippen LogP contribution in [0.1, 0.15) is 24.0 Å². The van der Waals surface area contributed by atoms with Gasteiger partial charge >= 0.3 is 0 Å². The molecule has 0 spiro atoms. The molecule has 1 heterocycles. The molecule has 0 radical (unpaired) electrons. The number of ether oxygens (including phenoxy) is 2. The van der Waals surface area contributed by atoms with Gasteiger partial charge in [0.05, 0.1) is 12.2 Å². The molecule has 0 saturated heterocycles. The Hall–Kier alpha value is -2.12. The van der Waals surface area contributed by atoms with E-state index in [-0.39, 0.29) is 21.8 Å². The predicted octanol–water partition coefficient (Wildman–Crippen LogP) is 2.53. The molecule has 0 aliphatic carbocycles. The third-order valence-corrected chi connectivity index (χ3v) is 3.54. The van der Waals surface area contributed by atoms with Crippen LogP contribution < -0.4 is 10.3 Å². The van der Waals surface area contributed by atoms with Crippen LogP contribution in [0.15, 0.2) is 29.1 Å². The largest absolute Gasteiger partial charge is 0.494 e. The molecule has 23 heavy (non-hydrogen) atoms. The van der Waals surface area contributed by atoms with Crippen LogP contribution in [0.4, 0.5) is 0 Å². The Kier molecular flexibility index (Phi) is 6.37. The maximum Gasteiger partial charge on any atom is 0.259 e. The summed E-state index contributed by atoms with van der Waals surface area (Å²) in [6, 6.07) is 7.43. The fourth-order valence-electron chi connectivity index (χ4n) is 2.11. The third kappa shape index (κ3) is 5.22. The summed E-state index contributed by atoms with van der Waals surface area (Å²) in [5.74, 6) is 0.578. The summed E-state index contributed by atoms with van der Waals surface area (Å²) in [5, 5.41) is 9.80. The highest BCUT2D eigenvalue weighted by Gasteiger charge is 2.08. The Bertz CT molecular complexity index is 737. The minimum Gasteiger partial charge on any atom is -0.494 e. The predicted molar refractivity (Wildman–Crippen MR) is 89.8 cm³/mol. The van der Waals surface area contributed by atoms with Gasteiger partial charge < -0.3 is 19.6 Å². The minimum absolute atomic E-state index is 0.105. The van der Waals surface area contributed by atoms with Crippen molar-refractivity contribution in [2.75, 3.05) is 20.3 Å². The third-order valence-electron chi connectivity index (χ3n) is 3.33. The Labute approximate surface area is 139 Å². The van der Waals surface area contributed by atoms with Gasteiger partial charge in [-0.3, -0.25) is 9.78 Å². The van der Waals surface area contributed by atoms with Gasteiger partial charge in [-0.25, -0.2) is 0 Å². The van der Waals surface area contributed by atoms with E-state index in [1.54, 1.807) is 7.11 Å².